The minimum absolute atomic E-state index is 0.0107. The fourth-order valence-electron chi connectivity index (χ4n) is 3.80. The minimum Gasteiger partial charge on any atom is -0.497 e. The van der Waals surface area contributed by atoms with E-state index in [-0.39, 0.29) is 11.9 Å². The highest BCUT2D eigenvalue weighted by Crippen LogP contribution is 2.35. The molecule has 1 fully saturated rings. The number of ether oxygens (including phenoxy) is 1. The second-order valence-electron chi connectivity index (χ2n) is 7.09. The average molecular weight is 384 g/mol. The molecule has 1 aromatic carbocycles. The molecule has 3 heterocycles. The summed E-state index contributed by atoms with van der Waals surface area (Å²) in [6, 6.07) is 12.0. The maximum absolute atomic E-state index is 13.1. The van der Waals surface area contributed by atoms with Gasteiger partial charge in [-0.1, -0.05) is 24.6 Å². The first-order valence-corrected chi connectivity index (χ1v) is 10.4. The van der Waals surface area contributed by atoms with Gasteiger partial charge in [0.05, 0.1) is 25.4 Å². The van der Waals surface area contributed by atoms with Gasteiger partial charge in [0, 0.05) is 16.9 Å². The van der Waals surface area contributed by atoms with Crippen molar-refractivity contribution in [3.8, 4) is 5.75 Å². The molecule has 27 heavy (non-hydrogen) atoms. The van der Waals surface area contributed by atoms with E-state index in [9.17, 15) is 4.79 Å². The number of thiophene rings is 1. The number of carbonyl (C=O) groups excluding carboxylic acids is 1. The molecule has 0 saturated carbocycles. The summed E-state index contributed by atoms with van der Waals surface area (Å²) in [5, 5.41) is 8.54. The van der Waals surface area contributed by atoms with Crippen molar-refractivity contribution in [1.29, 1.82) is 0 Å². The number of benzene rings is 1. The van der Waals surface area contributed by atoms with E-state index in [2.05, 4.69) is 16.3 Å². The number of hydrogen-bond acceptors (Lipinski definition) is 5. The fourth-order valence-corrected chi connectivity index (χ4v) is 4.61. The highest BCUT2D eigenvalue weighted by Gasteiger charge is 2.34. The van der Waals surface area contributed by atoms with E-state index < -0.39 is 0 Å². The lowest BCUT2D eigenvalue weighted by molar-refractivity contribution is -0.134. The number of amides is 1. The quantitative estimate of drug-likeness (QED) is 0.786. The van der Waals surface area contributed by atoms with Gasteiger partial charge in [-0.15, -0.1) is 11.3 Å². The Morgan fingerprint density at radius 3 is 2.81 bits per heavy atom. The first-order valence-electron chi connectivity index (χ1n) is 9.54. The predicted octanol–water partition coefficient (Wildman–Crippen LogP) is 3.92. The lowest BCUT2D eigenvalue weighted by Gasteiger charge is -2.28. The zero-order chi connectivity index (χ0) is 18.6. The molecule has 0 bridgehead atoms. The SMILES string of the molecule is COc1cccc(C2=NN(C(=O)CN3CCCCC3)[C@@H](c3cccs3)C2)c1. The van der Waals surface area contributed by atoms with E-state index in [0.717, 1.165) is 36.5 Å². The highest BCUT2D eigenvalue weighted by molar-refractivity contribution is 7.10. The molecule has 1 amide bonds. The zero-order valence-corrected chi connectivity index (χ0v) is 16.5. The van der Waals surface area contributed by atoms with Crippen molar-refractivity contribution < 1.29 is 9.53 Å². The van der Waals surface area contributed by atoms with E-state index in [1.807, 2.05) is 30.3 Å². The van der Waals surface area contributed by atoms with Crippen LogP contribution in [0.15, 0.2) is 46.9 Å². The van der Waals surface area contributed by atoms with Crippen LogP contribution in [0.5, 0.6) is 5.75 Å². The van der Waals surface area contributed by atoms with Crippen LogP contribution < -0.4 is 4.74 Å². The van der Waals surface area contributed by atoms with Gasteiger partial charge in [-0.25, -0.2) is 5.01 Å². The topological polar surface area (TPSA) is 45.1 Å². The number of methoxy groups -OCH3 is 1. The summed E-state index contributed by atoms with van der Waals surface area (Å²) in [5.74, 6) is 0.897. The summed E-state index contributed by atoms with van der Waals surface area (Å²) < 4.78 is 5.35. The molecule has 0 N–H and O–H groups in total. The Balaban J connectivity index is 1.58. The second-order valence-corrected chi connectivity index (χ2v) is 8.07. The van der Waals surface area contributed by atoms with Crippen LogP contribution in [-0.2, 0) is 4.79 Å². The maximum Gasteiger partial charge on any atom is 0.257 e. The van der Waals surface area contributed by atoms with Gasteiger partial charge in [0.25, 0.3) is 5.91 Å². The van der Waals surface area contributed by atoms with Crippen LogP contribution in [0.1, 0.15) is 42.2 Å². The summed E-state index contributed by atoms with van der Waals surface area (Å²) in [4.78, 5) is 16.5. The molecule has 1 aromatic heterocycles. The summed E-state index contributed by atoms with van der Waals surface area (Å²) >= 11 is 1.69. The van der Waals surface area contributed by atoms with E-state index in [1.165, 1.54) is 24.1 Å². The number of piperidine rings is 1. The Morgan fingerprint density at radius 2 is 2.07 bits per heavy atom. The number of rotatable bonds is 5. The van der Waals surface area contributed by atoms with Crippen molar-refractivity contribution in [2.24, 2.45) is 5.10 Å². The molecular weight excluding hydrogens is 358 g/mol. The fraction of sp³-hybridized carbons (Fsp3) is 0.429. The minimum atomic E-state index is -0.0107. The van der Waals surface area contributed by atoms with Crippen LogP contribution in [0.2, 0.25) is 0 Å². The van der Waals surface area contributed by atoms with Crippen LogP contribution in [0, 0.1) is 0 Å². The van der Waals surface area contributed by atoms with Crippen molar-refractivity contribution in [1.82, 2.24) is 9.91 Å². The van der Waals surface area contributed by atoms with Crippen molar-refractivity contribution >= 4 is 23.0 Å². The lowest BCUT2D eigenvalue weighted by atomic mass is 10.0. The third-order valence-corrected chi connectivity index (χ3v) is 6.22. The number of hydrogen-bond donors (Lipinski definition) is 0. The monoisotopic (exact) mass is 383 g/mol. The van der Waals surface area contributed by atoms with Crippen LogP contribution in [0.3, 0.4) is 0 Å². The third kappa shape index (κ3) is 4.06. The molecule has 1 saturated heterocycles. The predicted molar refractivity (Wildman–Crippen MR) is 108 cm³/mol. The molecule has 4 rings (SSSR count). The molecule has 2 aliphatic rings. The zero-order valence-electron chi connectivity index (χ0n) is 15.6. The summed E-state index contributed by atoms with van der Waals surface area (Å²) in [5.41, 5.74) is 1.96. The number of nitrogens with zero attached hydrogens (tertiary/aromatic N) is 3. The van der Waals surface area contributed by atoms with Gasteiger partial charge in [-0.2, -0.15) is 5.10 Å². The van der Waals surface area contributed by atoms with E-state index in [1.54, 1.807) is 23.5 Å². The van der Waals surface area contributed by atoms with Crippen LogP contribution >= 0.6 is 11.3 Å². The molecule has 0 spiro atoms. The van der Waals surface area contributed by atoms with Gasteiger partial charge in [0.2, 0.25) is 0 Å². The number of likely N-dealkylation sites (tertiary alicyclic amines) is 1. The van der Waals surface area contributed by atoms with Crippen molar-refractivity contribution in [3.05, 3.63) is 52.2 Å². The van der Waals surface area contributed by atoms with Crippen LogP contribution in [0.25, 0.3) is 0 Å². The van der Waals surface area contributed by atoms with Crippen molar-refractivity contribution in [2.75, 3.05) is 26.7 Å². The Morgan fingerprint density at radius 1 is 1.22 bits per heavy atom. The first kappa shape index (κ1) is 18.2. The Bertz CT molecular complexity index is 813. The molecule has 0 aliphatic carbocycles. The second kappa shape index (κ2) is 8.23. The molecular formula is C21H25N3O2S. The van der Waals surface area contributed by atoms with Crippen LogP contribution in [-0.4, -0.2) is 48.3 Å². The smallest absolute Gasteiger partial charge is 0.257 e. The molecule has 2 aliphatic heterocycles. The average Bonchev–Trinajstić information content (AvgIpc) is 3.38. The molecule has 1 atom stereocenters. The van der Waals surface area contributed by atoms with E-state index >= 15 is 0 Å². The molecule has 2 aromatic rings. The highest BCUT2D eigenvalue weighted by atomic mass is 32.1. The summed E-state index contributed by atoms with van der Waals surface area (Å²) in [7, 11) is 1.67. The molecule has 6 heteroatoms. The molecule has 142 valence electrons. The van der Waals surface area contributed by atoms with Gasteiger partial charge < -0.3 is 4.74 Å². The molecule has 5 nitrogen and oxygen atoms in total. The Labute approximate surface area is 164 Å². The van der Waals surface area contributed by atoms with Crippen molar-refractivity contribution in [3.63, 3.8) is 0 Å². The van der Waals surface area contributed by atoms with Crippen molar-refractivity contribution in [2.45, 2.75) is 31.7 Å². The first-order chi connectivity index (χ1) is 13.2. The van der Waals surface area contributed by atoms with E-state index in [0.29, 0.717) is 6.54 Å². The largest absolute Gasteiger partial charge is 0.497 e. The lowest BCUT2D eigenvalue weighted by Crippen LogP contribution is -2.40. The van der Waals surface area contributed by atoms with E-state index in [4.69, 9.17) is 9.84 Å². The Hall–Kier alpha value is -2.18. The standard InChI is InChI=1S/C21H25N3O2S/c1-26-17-8-5-7-16(13-17)18-14-19(20-9-6-12-27-20)24(22-18)21(25)15-23-10-3-2-4-11-23/h5-9,12-13,19H,2-4,10-11,14-15H2,1H3/t19-/m1/s1. The molecule has 0 radical (unpaired) electrons. The number of hydrazone groups is 1. The normalized spacial score (nSPS) is 20.6. The Kier molecular flexibility index (Phi) is 5.55. The molecule has 0 unspecified atom stereocenters. The van der Waals surface area contributed by atoms with Gasteiger partial charge >= 0.3 is 0 Å². The van der Waals surface area contributed by atoms with Gasteiger partial charge in [0.15, 0.2) is 0 Å². The summed E-state index contributed by atoms with van der Waals surface area (Å²) in [6.45, 7) is 2.47. The van der Waals surface area contributed by atoms with Gasteiger partial charge in [-0.3, -0.25) is 9.69 Å². The van der Waals surface area contributed by atoms with Crippen LogP contribution in [0.4, 0.5) is 0 Å². The van der Waals surface area contributed by atoms with Gasteiger partial charge in [-0.05, 0) is 49.5 Å². The number of carbonyl (C=O) groups is 1. The summed E-state index contributed by atoms with van der Waals surface area (Å²) in [6.07, 6.45) is 4.36. The third-order valence-electron chi connectivity index (χ3n) is 5.25. The van der Waals surface area contributed by atoms with Gasteiger partial charge in [0.1, 0.15) is 5.75 Å². The maximum atomic E-state index is 13.1.